The second kappa shape index (κ2) is 7.46. The third-order valence-electron chi connectivity index (χ3n) is 5.49. The molecule has 0 aromatic carbocycles. The number of hydrogen-bond donors (Lipinski definition) is 0. The molecule has 4 rings (SSSR count). The Hall–Kier alpha value is -2.77. The van der Waals surface area contributed by atoms with Gasteiger partial charge in [-0.15, -0.1) is 10.2 Å². The zero-order valence-electron chi connectivity index (χ0n) is 15.5. The van der Waals surface area contributed by atoms with Crippen molar-refractivity contribution in [2.45, 2.75) is 31.7 Å². The first-order chi connectivity index (χ1) is 13.1. The Morgan fingerprint density at radius 1 is 1.30 bits per heavy atom. The van der Waals surface area contributed by atoms with Gasteiger partial charge in [-0.25, -0.2) is 0 Å². The minimum atomic E-state index is -0.264. The van der Waals surface area contributed by atoms with E-state index in [2.05, 4.69) is 15.2 Å². The molecule has 2 saturated heterocycles. The van der Waals surface area contributed by atoms with E-state index in [-0.39, 0.29) is 30.1 Å². The SMILES string of the molecule is Cn1cnnc1[C@H]1CCCN(C(=O)[C@@H]2CC(=O)N(Cc3ccccn3)C2)C1. The van der Waals surface area contributed by atoms with Crippen LogP contribution in [0.1, 0.15) is 36.7 Å². The molecule has 0 bridgehead atoms. The smallest absolute Gasteiger partial charge is 0.228 e. The fourth-order valence-electron chi connectivity index (χ4n) is 4.09. The molecule has 2 aromatic heterocycles. The predicted octanol–water partition coefficient (Wildman–Crippen LogP) is 0.965. The van der Waals surface area contributed by atoms with Gasteiger partial charge in [-0.1, -0.05) is 6.07 Å². The summed E-state index contributed by atoms with van der Waals surface area (Å²) in [5.41, 5.74) is 0.847. The molecule has 0 saturated carbocycles. The molecule has 2 aromatic rings. The number of pyridine rings is 1. The summed E-state index contributed by atoms with van der Waals surface area (Å²) in [5, 5.41) is 8.16. The van der Waals surface area contributed by atoms with Gasteiger partial charge in [0.25, 0.3) is 0 Å². The lowest BCUT2D eigenvalue weighted by atomic mass is 9.95. The van der Waals surface area contributed by atoms with Crippen molar-refractivity contribution in [2.75, 3.05) is 19.6 Å². The van der Waals surface area contributed by atoms with Gasteiger partial charge < -0.3 is 14.4 Å². The van der Waals surface area contributed by atoms with E-state index in [9.17, 15) is 9.59 Å². The van der Waals surface area contributed by atoms with Gasteiger partial charge in [-0.2, -0.15) is 0 Å². The van der Waals surface area contributed by atoms with Crippen LogP contribution in [0.5, 0.6) is 0 Å². The van der Waals surface area contributed by atoms with Crippen molar-refractivity contribution in [1.29, 1.82) is 0 Å². The van der Waals surface area contributed by atoms with Gasteiger partial charge in [0.05, 0.1) is 18.2 Å². The lowest BCUT2D eigenvalue weighted by Gasteiger charge is -2.33. The van der Waals surface area contributed by atoms with Crippen LogP contribution in [0, 0.1) is 5.92 Å². The van der Waals surface area contributed by atoms with Crippen LogP contribution in [0.15, 0.2) is 30.7 Å². The van der Waals surface area contributed by atoms with E-state index < -0.39 is 0 Å². The molecule has 0 radical (unpaired) electrons. The van der Waals surface area contributed by atoms with E-state index in [4.69, 9.17) is 0 Å². The lowest BCUT2D eigenvalue weighted by Crippen LogP contribution is -2.43. The number of nitrogens with zero attached hydrogens (tertiary/aromatic N) is 6. The number of aromatic nitrogens is 4. The van der Waals surface area contributed by atoms with Gasteiger partial charge in [0.15, 0.2) is 0 Å². The van der Waals surface area contributed by atoms with Crippen molar-refractivity contribution in [2.24, 2.45) is 13.0 Å². The Bertz CT molecular complexity index is 821. The molecule has 2 aliphatic rings. The van der Waals surface area contributed by atoms with E-state index in [0.29, 0.717) is 19.6 Å². The van der Waals surface area contributed by atoms with Gasteiger partial charge in [0.2, 0.25) is 11.8 Å². The normalized spacial score (nSPS) is 23.1. The molecule has 0 N–H and O–H groups in total. The van der Waals surface area contributed by atoms with Crippen molar-refractivity contribution < 1.29 is 9.59 Å². The predicted molar refractivity (Wildman–Crippen MR) is 97.3 cm³/mol. The Morgan fingerprint density at radius 3 is 2.93 bits per heavy atom. The highest BCUT2D eigenvalue weighted by molar-refractivity contribution is 5.89. The van der Waals surface area contributed by atoms with Gasteiger partial charge in [-0.05, 0) is 25.0 Å². The van der Waals surface area contributed by atoms with E-state index >= 15 is 0 Å². The molecule has 2 fully saturated rings. The largest absolute Gasteiger partial charge is 0.342 e. The standard InChI is InChI=1S/C19H24N6O2/c1-23-13-21-22-18(23)14-5-4-8-24(10-14)19(27)15-9-17(26)25(11-15)12-16-6-2-3-7-20-16/h2-3,6-7,13-15H,4-5,8-12H2,1H3/t14-,15+/m0/s1. The molecule has 8 nitrogen and oxygen atoms in total. The summed E-state index contributed by atoms with van der Waals surface area (Å²) in [6.07, 6.45) is 5.66. The Kier molecular flexibility index (Phi) is 4.87. The van der Waals surface area contributed by atoms with Crippen molar-refractivity contribution in [3.63, 3.8) is 0 Å². The first-order valence-electron chi connectivity index (χ1n) is 9.42. The zero-order chi connectivity index (χ0) is 18.8. The van der Waals surface area contributed by atoms with Crippen LogP contribution in [0.3, 0.4) is 0 Å². The summed E-state index contributed by atoms with van der Waals surface area (Å²) in [7, 11) is 1.93. The highest BCUT2D eigenvalue weighted by Gasteiger charge is 2.38. The van der Waals surface area contributed by atoms with E-state index in [1.54, 1.807) is 17.4 Å². The van der Waals surface area contributed by atoms with Gasteiger partial charge >= 0.3 is 0 Å². The van der Waals surface area contributed by atoms with Crippen LogP contribution in [0.25, 0.3) is 0 Å². The van der Waals surface area contributed by atoms with Gasteiger partial charge in [0, 0.05) is 45.2 Å². The van der Waals surface area contributed by atoms with Crippen LogP contribution in [0.4, 0.5) is 0 Å². The number of piperidine rings is 1. The van der Waals surface area contributed by atoms with Crippen molar-refractivity contribution >= 4 is 11.8 Å². The lowest BCUT2D eigenvalue weighted by molar-refractivity contribution is -0.137. The van der Waals surface area contributed by atoms with E-state index in [1.165, 1.54) is 0 Å². The number of amides is 2. The molecule has 0 spiro atoms. The summed E-state index contributed by atoms with van der Waals surface area (Å²) in [5.74, 6) is 0.975. The second-order valence-corrected chi connectivity index (χ2v) is 7.42. The fourth-order valence-corrected chi connectivity index (χ4v) is 4.09. The van der Waals surface area contributed by atoms with Crippen molar-refractivity contribution in [3.8, 4) is 0 Å². The van der Waals surface area contributed by atoms with Gasteiger partial charge in [0.1, 0.15) is 12.2 Å². The molecule has 4 heterocycles. The van der Waals surface area contributed by atoms with Gasteiger partial charge in [-0.3, -0.25) is 14.6 Å². The minimum absolute atomic E-state index is 0.0286. The number of carbonyl (C=O) groups is 2. The van der Waals surface area contributed by atoms with Crippen LogP contribution in [-0.4, -0.2) is 61.0 Å². The first kappa shape index (κ1) is 17.6. The first-order valence-corrected chi connectivity index (χ1v) is 9.42. The monoisotopic (exact) mass is 368 g/mol. The average molecular weight is 368 g/mol. The maximum atomic E-state index is 13.0. The van der Waals surface area contributed by atoms with Crippen molar-refractivity contribution in [3.05, 3.63) is 42.2 Å². The van der Waals surface area contributed by atoms with E-state index in [0.717, 1.165) is 30.9 Å². The molecule has 2 atom stereocenters. The second-order valence-electron chi connectivity index (χ2n) is 7.42. The maximum absolute atomic E-state index is 13.0. The number of aryl methyl sites for hydroxylation is 1. The molecule has 27 heavy (non-hydrogen) atoms. The van der Waals surface area contributed by atoms with Crippen molar-refractivity contribution in [1.82, 2.24) is 29.5 Å². The molecule has 2 aliphatic heterocycles. The van der Waals surface area contributed by atoms with E-state index in [1.807, 2.05) is 34.7 Å². The topological polar surface area (TPSA) is 84.2 Å². The Labute approximate surface area is 158 Å². The minimum Gasteiger partial charge on any atom is -0.342 e. The number of hydrogen-bond acceptors (Lipinski definition) is 5. The molecule has 142 valence electrons. The highest BCUT2D eigenvalue weighted by Crippen LogP contribution is 2.28. The Balaban J connectivity index is 1.39. The quantitative estimate of drug-likeness (QED) is 0.803. The summed E-state index contributed by atoms with van der Waals surface area (Å²) >= 11 is 0. The summed E-state index contributed by atoms with van der Waals surface area (Å²) in [6.45, 7) is 2.33. The fraction of sp³-hybridized carbons (Fsp3) is 0.526. The molecule has 0 unspecified atom stereocenters. The molecule has 8 heteroatoms. The summed E-state index contributed by atoms with van der Waals surface area (Å²) in [4.78, 5) is 33.3. The van der Waals surface area contributed by atoms with Crippen LogP contribution < -0.4 is 0 Å². The molecule has 2 amide bonds. The number of likely N-dealkylation sites (tertiary alicyclic amines) is 2. The summed E-state index contributed by atoms with van der Waals surface area (Å²) < 4.78 is 1.92. The molecular formula is C19H24N6O2. The third-order valence-corrected chi connectivity index (χ3v) is 5.49. The highest BCUT2D eigenvalue weighted by atomic mass is 16.2. The van der Waals surface area contributed by atoms with Crippen LogP contribution in [0.2, 0.25) is 0 Å². The third kappa shape index (κ3) is 3.70. The molecular weight excluding hydrogens is 344 g/mol. The number of rotatable bonds is 4. The Morgan fingerprint density at radius 2 is 2.19 bits per heavy atom. The molecule has 0 aliphatic carbocycles. The van der Waals surface area contributed by atoms with Crippen LogP contribution in [-0.2, 0) is 23.2 Å². The zero-order valence-corrected chi connectivity index (χ0v) is 15.5. The number of carbonyl (C=O) groups excluding carboxylic acids is 2. The summed E-state index contributed by atoms with van der Waals surface area (Å²) in [6, 6.07) is 5.66. The average Bonchev–Trinajstić information content (AvgIpc) is 3.28. The van der Waals surface area contributed by atoms with Crippen LogP contribution >= 0.6 is 0 Å². The maximum Gasteiger partial charge on any atom is 0.228 e.